The summed E-state index contributed by atoms with van der Waals surface area (Å²) < 4.78 is 5.45. The van der Waals surface area contributed by atoms with Crippen molar-refractivity contribution in [3.8, 4) is 0 Å². The first-order valence-electron chi connectivity index (χ1n) is 11.4. The Morgan fingerprint density at radius 3 is 2.06 bits per heavy atom. The summed E-state index contributed by atoms with van der Waals surface area (Å²) in [6, 6.07) is 19.2. The molecule has 0 heterocycles. The standard InChI is InChI=1S/C28H37NO3/c1-7-20(2)25(29-27(31)32-28(4,5)6)26(30)24(23-16-12-9-13-17-23)21(3)18-19-22-14-10-8-11-15-22/h8-21,24-25H,7H2,1-6H3,(H,29,31)/b19-18+/t20-,21+,24+,25-/m0/s1. The maximum absolute atomic E-state index is 13.9. The molecule has 4 nitrogen and oxygen atoms in total. The molecular formula is C28H37NO3. The lowest BCUT2D eigenvalue weighted by Gasteiger charge is -2.30. The van der Waals surface area contributed by atoms with Crippen molar-refractivity contribution in [2.75, 3.05) is 0 Å². The Morgan fingerprint density at radius 1 is 0.969 bits per heavy atom. The van der Waals surface area contributed by atoms with Crippen molar-refractivity contribution < 1.29 is 14.3 Å². The van der Waals surface area contributed by atoms with E-state index in [0.717, 1.165) is 17.5 Å². The maximum Gasteiger partial charge on any atom is 0.408 e. The third-order valence-corrected chi connectivity index (χ3v) is 5.57. The van der Waals surface area contributed by atoms with Crippen LogP contribution in [0.25, 0.3) is 6.08 Å². The molecule has 0 unspecified atom stereocenters. The number of amides is 1. The number of carbonyl (C=O) groups is 2. The Morgan fingerprint density at radius 2 is 1.53 bits per heavy atom. The molecule has 2 aromatic carbocycles. The molecule has 0 aromatic heterocycles. The van der Waals surface area contributed by atoms with Crippen LogP contribution in [-0.4, -0.2) is 23.5 Å². The first-order valence-corrected chi connectivity index (χ1v) is 11.4. The lowest BCUT2D eigenvalue weighted by atomic mass is 9.78. The Hall–Kier alpha value is -2.88. The Labute approximate surface area is 193 Å². The van der Waals surface area contributed by atoms with E-state index in [4.69, 9.17) is 4.74 Å². The van der Waals surface area contributed by atoms with Crippen molar-refractivity contribution >= 4 is 18.0 Å². The number of ketones is 1. The average molecular weight is 436 g/mol. The molecule has 0 fully saturated rings. The number of benzene rings is 2. The highest BCUT2D eigenvalue weighted by Crippen LogP contribution is 2.30. The molecule has 0 saturated carbocycles. The van der Waals surface area contributed by atoms with Gasteiger partial charge < -0.3 is 10.1 Å². The zero-order valence-corrected chi connectivity index (χ0v) is 20.2. The van der Waals surface area contributed by atoms with E-state index in [-0.39, 0.29) is 23.5 Å². The van der Waals surface area contributed by atoms with Crippen LogP contribution in [0.3, 0.4) is 0 Å². The highest BCUT2D eigenvalue weighted by Gasteiger charge is 2.35. The average Bonchev–Trinajstić information content (AvgIpc) is 2.76. The number of hydrogen-bond acceptors (Lipinski definition) is 3. The second-order valence-electron chi connectivity index (χ2n) is 9.43. The van der Waals surface area contributed by atoms with Crippen molar-refractivity contribution in [3.63, 3.8) is 0 Å². The third-order valence-electron chi connectivity index (χ3n) is 5.57. The molecule has 172 valence electrons. The van der Waals surface area contributed by atoms with Gasteiger partial charge in [0.15, 0.2) is 5.78 Å². The van der Waals surface area contributed by atoms with Crippen LogP contribution >= 0.6 is 0 Å². The van der Waals surface area contributed by atoms with Crippen molar-refractivity contribution in [2.45, 2.75) is 65.5 Å². The van der Waals surface area contributed by atoms with Gasteiger partial charge >= 0.3 is 6.09 Å². The van der Waals surface area contributed by atoms with E-state index in [0.29, 0.717) is 0 Å². The summed E-state index contributed by atoms with van der Waals surface area (Å²) in [5.41, 5.74) is 1.41. The summed E-state index contributed by atoms with van der Waals surface area (Å²) in [6.07, 6.45) is 4.33. The van der Waals surface area contributed by atoms with Crippen LogP contribution in [-0.2, 0) is 9.53 Å². The second kappa shape index (κ2) is 11.7. The molecule has 32 heavy (non-hydrogen) atoms. The smallest absolute Gasteiger partial charge is 0.408 e. The quantitative estimate of drug-likeness (QED) is 0.481. The van der Waals surface area contributed by atoms with Gasteiger partial charge in [-0.2, -0.15) is 0 Å². The van der Waals surface area contributed by atoms with Crippen molar-refractivity contribution in [3.05, 3.63) is 77.9 Å². The highest BCUT2D eigenvalue weighted by atomic mass is 16.6. The van der Waals surface area contributed by atoms with Crippen LogP contribution in [0.15, 0.2) is 66.7 Å². The summed E-state index contributed by atoms with van der Waals surface area (Å²) in [5, 5.41) is 2.87. The number of ether oxygens (including phenoxy) is 1. The van der Waals surface area contributed by atoms with Crippen molar-refractivity contribution in [1.82, 2.24) is 5.32 Å². The first-order chi connectivity index (χ1) is 15.1. The van der Waals surface area contributed by atoms with E-state index in [1.54, 1.807) is 0 Å². The fourth-order valence-electron chi connectivity index (χ4n) is 3.68. The summed E-state index contributed by atoms with van der Waals surface area (Å²) in [7, 11) is 0. The van der Waals surface area contributed by atoms with E-state index in [2.05, 4.69) is 18.3 Å². The van der Waals surface area contributed by atoms with Gasteiger partial charge in [-0.25, -0.2) is 4.79 Å². The minimum atomic E-state index is -0.632. The molecular weight excluding hydrogens is 398 g/mol. The van der Waals surface area contributed by atoms with E-state index in [1.807, 2.05) is 101 Å². The number of carbonyl (C=O) groups excluding carboxylic acids is 2. The van der Waals surface area contributed by atoms with E-state index >= 15 is 0 Å². The van der Waals surface area contributed by atoms with Gasteiger partial charge in [-0.3, -0.25) is 4.79 Å². The number of allylic oxidation sites excluding steroid dienone is 1. The predicted molar refractivity (Wildman–Crippen MR) is 131 cm³/mol. The molecule has 1 N–H and O–H groups in total. The Kier molecular flexibility index (Phi) is 9.25. The maximum atomic E-state index is 13.9. The van der Waals surface area contributed by atoms with Gasteiger partial charge in [-0.05, 0) is 43.7 Å². The van der Waals surface area contributed by atoms with Gasteiger partial charge in [0.25, 0.3) is 0 Å². The molecule has 4 heteroatoms. The first kappa shape index (κ1) is 25.4. The number of Topliss-reactive ketones (excluding diaryl/α,β-unsaturated/α-hetero) is 1. The van der Waals surface area contributed by atoms with E-state index in [1.165, 1.54) is 0 Å². The predicted octanol–water partition coefficient (Wildman–Crippen LogP) is 6.63. The molecule has 4 atom stereocenters. The highest BCUT2D eigenvalue weighted by molar-refractivity contribution is 5.93. The van der Waals surface area contributed by atoms with Gasteiger partial charge in [0.05, 0.1) is 12.0 Å². The Bertz CT molecular complexity index is 884. The number of hydrogen-bond donors (Lipinski definition) is 1. The van der Waals surface area contributed by atoms with Crippen LogP contribution in [0.1, 0.15) is 65.0 Å². The van der Waals surface area contributed by atoms with E-state index in [9.17, 15) is 9.59 Å². The normalized spacial score (nSPS) is 15.6. The van der Waals surface area contributed by atoms with Crippen LogP contribution in [0.5, 0.6) is 0 Å². The van der Waals surface area contributed by atoms with Crippen molar-refractivity contribution in [2.24, 2.45) is 11.8 Å². The molecule has 0 radical (unpaired) electrons. The van der Waals surface area contributed by atoms with Gasteiger partial charge in [0.1, 0.15) is 5.60 Å². The third kappa shape index (κ3) is 7.67. The Balaban J connectivity index is 2.35. The molecule has 2 rings (SSSR count). The second-order valence-corrected chi connectivity index (χ2v) is 9.43. The molecule has 0 aliphatic carbocycles. The monoisotopic (exact) mass is 435 g/mol. The van der Waals surface area contributed by atoms with Crippen LogP contribution in [0, 0.1) is 11.8 Å². The summed E-state index contributed by atoms with van der Waals surface area (Å²) in [6.45, 7) is 11.5. The van der Waals surface area contributed by atoms with Crippen molar-refractivity contribution in [1.29, 1.82) is 0 Å². The lowest BCUT2D eigenvalue weighted by molar-refractivity contribution is -0.124. The minimum absolute atomic E-state index is 0.00150. The number of alkyl carbamates (subject to hydrolysis) is 1. The molecule has 2 aromatic rings. The topological polar surface area (TPSA) is 55.4 Å². The SMILES string of the molecule is CC[C@H](C)[C@H](NC(=O)OC(C)(C)C)C(=O)[C@@H](c1ccccc1)[C@H](C)/C=C/c1ccccc1. The fourth-order valence-corrected chi connectivity index (χ4v) is 3.68. The lowest BCUT2D eigenvalue weighted by Crippen LogP contribution is -2.49. The summed E-state index contributed by atoms with van der Waals surface area (Å²) in [5.74, 6) is -0.463. The van der Waals surface area contributed by atoms with Crippen LogP contribution < -0.4 is 5.32 Å². The van der Waals surface area contributed by atoms with Gasteiger partial charge in [0.2, 0.25) is 0 Å². The molecule has 0 aliphatic heterocycles. The summed E-state index contributed by atoms with van der Waals surface area (Å²) >= 11 is 0. The van der Waals surface area contributed by atoms with Gasteiger partial charge in [-0.15, -0.1) is 0 Å². The molecule has 0 aliphatic rings. The molecule has 0 saturated heterocycles. The fraction of sp³-hybridized carbons (Fsp3) is 0.429. The zero-order valence-electron chi connectivity index (χ0n) is 20.2. The van der Waals surface area contributed by atoms with Gasteiger partial charge in [0, 0.05) is 0 Å². The van der Waals surface area contributed by atoms with E-state index < -0.39 is 17.7 Å². The van der Waals surface area contributed by atoms with Crippen LogP contribution in [0.4, 0.5) is 4.79 Å². The molecule has 0 bridgehead atoms. The van der Waals surface area contributed by atoms with Gasteiger partial charge in [-0.1, -0.05) is 100 Å². The number of rotatable bonds is 9. The summed E-state index contributed by atoms with van der Waals surface area (Å²) in [4.78, 5) is 26.4. The van der Waals surface area contributed by atoms with Crippen LogP contribution in [0.2, 0.25) is 0 Å². The molecule has 1 amide bonds. The zero-order chi connectivity index (χ0) is 23.7. The number of nitrogens with one attached hydrogen (secondary N) is 1. The molecule has 0 spiro atoms. The largest absolute Gasteiger partial charge is 0.444 e. The minimum Gasteiger partial charge on any atom is -0.444 e.